The van der Waals surface area contributed by atoms with Gasteiger partial charge in [0.25, 0.3) is 10.0 Å². The molecule has 22 heavy (non-hydrogen) atoms. The molecule has 0 saturated carbocycles. The monoisotopic (exact) mass is 443 g/mol. The summed E-state index contributed by atoms with van der Waals surface area (Å²) in [5.41, 5.74) is 1.10. The van der Waals surface area contributed by atoms with E-state index in [0.29, 0.717) is 16.5 Å². The standard InChI is InChI=1S/C15H11Br2NO3S/c16-11-1-4-13(5-2-11)22(20,21)18-8-10(9-19)14-7-12(17)3-6-15(14)18/h1-8,19H,9H2. The zero-order chi connectivity index (χ0) is 15.9. The van der Waals surface area contributed by atoms with Crippen LogP contribution in [0.15, 0.2) is 62.5 Å². The lowest BCUT2D eigenvalue weighted by Gasteiger charge is -2.07. The number of aliphatic hydroxyl groups excluding tert-OH is 1. The van der Waals surface area contributed by atoms with Gasteiger partial charge in [0.2, 0.25) is 0 Å². The second kappa shape index (κ2) is 5.81. The number of fused-ring (bicyclic) bond motifs is 1. The Labute approximate surface area is 144 Å². The van der Waals surface area contributed by atoms with Gasteiger partial charge >= 0.3 is 0 Å². The molecule has 4 nitrogen and oxygen atoms in total. The summed E-state index contributed by atoms with van der Waals surface area (Å²) >= 11 is 6.65. The number of rotatable bonds is 3. The van der Waals surface area contributed by atoms with Crippen LogP contribution in [0.2, 0.25) is 0 Å². The highest BCUT2D eigenvalue weighted by atomic mass is 79.9. The molecule has 3 rings (SSSR count). The third kappa shape index (κ3) is 2.62. The van der Waals surface area contributed by atoms with Gasteiger partial charge in [-0.05, 0) is 42.5 Å². The van der Waals surface area contributed by atoms with Crippen LogP contribution in [0.1, 0.15) is 5.56 Å². The van der Waals surface area contributed by atoms with Gasteiger partial charge in [-0.3, -0.25) is 0 Å². The van der Waals surface area contributed by atoms with Crippen molar-refractivity contribution >= 4 is 52.8 Å². The first-order valence-corrected chi connectivity index (χ1v) is 9.37. The summed E-state index contributed by atoms with van der Waals surface area (Å²) in [5.74, 6) is 0. The van der Waals surface area contributed by atoms with Crippen molar-refractivity contribution in [1.29, 1.82) is 0 Å². The molecule has 0 radical (unpaired) electrons. The summed E-state index contributed by atoms with van der Waals surface area (Å²) in [6.45, 7) is -0.226. The third-order valence-corrected chi connectivity index (χ3v) is 6.07. The molecule has 1 N–H and O–H groups in total. The fourth-order valence-corrected chi connectivity index (χ4v) is 4.30. The highest BCUT2D eigenvalue weighted by molar-refractivity contribution is 9.10. The first kappa shape index (κ1) is 15.7. The van der Waals surface area contributed by atoms with E-state index in [1.165, 1.54) is 10.2 Å². The molecular weight excluding hydrogens is 434 g/mol. The summed E-state index contributed by atoms with van der Waals surface area (Å²) in [6.07, 6.45) is 1.47. The number of hydrogen-bond acceptors (Lipinski definition) is 3. The quantitative estimate of drug-likeness (QED) is 0.666. The minimum absolute atomic E-state index is 0.194. The molecule has 1 heterocycles. The van der Waals surface area contributed by atoms with E-state index in [1.807, 2.05) is 0 Å². The van der Waals surface area contributed by atoms with Gasteiger partial charge in [0.05, 0.1) is 17.0 Å². The molecule has 0 aliphatic heterocycles. The van der Waals surface area contributed by atoms with Crippen LogP contribution in [-0.2, 0) is 16.6 Å². The molecule has 3 aromatic rings. The molecule has 0 bridgehead atoms. The molecule has 114 valence electrons. The van der Waals surface area contributed by atoms with E-state index in [9.17, 15) is 13.5 Å². The van der Waals surface area contributed by atoms with E-state index in [4.69, 9.17) is 0 Å². The average Bonchev–Trinajstić information content (AvgIpc) is 2.86. The number of nitrogens with zero attached hydrogens (tertiary/aromatic N) is 1. The maximum absolute atomic E-state index is 12.8. The Morgan fingerprint density at radius 2 is 1.64 bits per heavy atom. The average molecular weight is 445 g/mol. The Morgan fingerprint density at radius 1 is 1.00 bits per heavy atom. The van der Waals surface area contributed by atoms with Crippen LogP contribution in [0.3, 0.4) is 0 Å². The zero-order valence-corrected chi connectivity index (χ0v) is 15.2. The summed E-state index contributed by atoms with van der Waals surface area (Å²) in [4.78, 5) is 0.194. The van der Waals surface area contributed by atoms with Crippen LogP contribution in [0.4, 0.5) is 0 Å². The second-order valence-corrected chi connectivity index (χ2v) is 8.37. The Bertz CT molecular complexity index is 947. The van der Waals surface area contributed by atoms with Crippen molar-refractivity contribution in [2.24, 2.45) is 0 Å². The summed E-state index contributed by atoms with van der Waals surface area (Å²) in [6, 6.07) is 11.7. The van der Waals surface area contributed by atoms with Gasteiger partial charge in [-0.25, -0.2) is 12.4 Å². The maximum Gasteiger partial charge on any atom is 0.268 e. The lowest BCUT2D eigenvalue weighted by Crippen LogP contribution is -2.11. The molecule has 7 heteroatoms. The van der Waals surface area contributed by atoms with Gasteiger partial charge in [0.1, 0.15) is 0 Å². The fourth-order valence-electron chi connectivity index (χ4n) is 2.28. The Kier molecular flexibility index (Phi) is 4.15. The van der Waals surface area contributed by atoms with E-state index in [1.54, 1.807) is 42.5 Å². The van der Waals surface area contributed by atoms with Crippen LogP contribution in [0.5, 0.6) is 0 Å². The molecule has 0 spiro atoms. The lowest BCUT2D eigenvalue weighted by atomic mass is 10.2. The van der Waals surface area contributed by atoms with Crippen LogP contribution in [0, 0.1) is 0 Å². The predicted molar refractivity (Wildman–Crippen MR) is 92.3 cm³/mol. The van der Waals surface area contributed by atoms with Gasteiger partial charge in [0.15, 0.2) is 0 Å². The molecule has 0 fully saturated rings. The van der Waals surface area contributed by atoms with Gasteiger partial charge in [0, 0.05) is 26.1 Å². The number of halogens is 2. The van der Waals surface area contributed by atoms with Crippen molar-refractivity contribution in [2.45, 2.75) is 11.5 Å². The smallest absolute Gasteiger partial charge is 0.268 e. The molecule has 0 unspecified atom stereocenters. The van der Waals surface area contributed by atoms with Crippen molar-refractivity contribution in [1.82, 2.24) is 3.97 Å². The lowest BCUT2D eigenvalue weighted by molar-refractivity contribution is 0.283. The molecule has 0 aliphatic rings. The fraction of sp³-hybridized carbons (Fsp3) is 0.0667. The van der Waals surface area contributed by atoms with E-state index in [2.05, 4.69) is 31.9 Å². The SMILES string of the molecule is O=S(=O)(c1ccc(Br)cc1)n1cc(CO)c2cc(Br)ccc21. The largest absolute Gasteiger partial charge is 0.392 e. The van der Waals surface area contributed by atoms with Crippen molar-refractivity contribution in [2.75, 3.05) is 0 Å². The molecule has 0 aliphatic carbocycles. The minimum atomic E-state index is -3.72. The molecule has 1 aromatic heterocycles. The van der Waals surface area contributed by atoms with Crippen LogP contribution < -0.4 is 0 Å². The molecule has 2 aromatic carbocycles. The number of aliphatic hydroxyl groups is 1. The third-order valence-electron chi connectivity index (χ3n) is 3.36. The Morgan fingerprint density at radius 3 is 2.27 bits per heavy atom. The van der Waals surface area contributed by atoms with E-state index in [0.717, 1.165) is 8.95 Å². The van der Waals surface area contributed by atoms with Crippen LogP contribution >= 0.6 is 31.9 Å². The van der Waals surface area contributed by atoms with E-state index in [-0.39, 0.29) is 11.5 Å². The van der Waals surface area contributed by atoms with Crippen molar-refractivity contribution in [3.63, 3.8) is 0 Å². The van der Waals surface area contributed by atoms with Crippen molar-refractivity contribution < 1.29 is 13.5 Å². The van der Waals surface area contributed by atoms with Crippen molar-refractivity contribution in [3.05, 3.63) is 63.2 Å². The topological polar surface area (TPSA) is 59.3 Å². The van der Waals surface area contributed by atoms with Gasteiger partial charge in [-0.2, -0.15) is 0 Å². The van der Waals surface area contributed by atoms with Gasteiger partial charge < -0.3 is 5.11 Å². The van der Waals surface area contributed by atoms with Crippen molar-refractivity contribution in [3.8, 4) is 0 Å². The summed E-state index contributed by atoms with van der Waals surface area (Å²) in [5, 5.41) is 10.2. The Balaban J connectivity index is 2.27. The normalized spacial score (nSPS) is 12.0. The Hall–Kier alpha value is -1.15. The zero-order valence-electron chi connectivity index (χ0n) is 11.2. The number of hydrogen-bond donors (Lipinski definition) is 1. The number of benzene rings is 2. The van der Waals surface area contributed by atoms with Gasteiger partial charge in [-0.15, -0.1) is 0 Å². The molecule has 0 atom stereocenters. The summed E-state index contributed by atoms with van der Waals surface area (Å²) in [7, 11) is -3.72. The molecule has 0 saturated heterocycles. The molecule has 0 amide bonds. The van der Waals surface area contributed by atoms with Crippen LogP contribution in [-0.4, -0.2) is 17.5 Å². The number of aromatic nitrogens is 1. The maximum atomic E-state index is 12.8. The highest BCUT2D eigenvalue weighted by Gasteiger charge is 2.21. The highest BCUT2D eigenvalue weighted by Crippen LogP contribution is 2.29. The first-order valence-electron chi connectivity index (χ1n) is 6.35. The summed E-state index contributed by atoms with van der Waals surface area (Å²) < 4.78 is 28.5. The van der Waals surface area contributed by atoms with E-state index < -0.39 is 10.0 Å². The second-order valence-electron chi connectivity index (χ2n) is 4.73. The first-order chi connectivity index (χ1) is 10.4. The minimum Gasteiger partial charge on any atom is -0.392 e. The predicted octanol–water partition coefficient (Wildman–Crippen LogP) is 3.90. The molecular formula is C15H11Br2NO3S. The van der Waals surface area contributed by atoms with Gasteiger partial charge in [-0.1, -0.05) is 31.9 Å². The van der Waals surface area contributed by atoms with E-state index >= 15 is 0 Å². The van der Waals surface area contributed by atoms with Crippen LogP contribution in [0.25, 0.3) is 10.9 Å².